The molecular weight excluding hydrogens is 399 g/mol. The molecule has 1 aliphatic heterocycles. The molecule has 2 amide bonds. The van der Waals surface area contributed by atoms with Crippen LogP contribution in [-0.2, 0) is 11.2 Å². The van der Waals surface area contributed by atoms with Gasteiger partial charge in [-0.2, -0.15) is 5.10 Å². The number of pyridine rings is 1. The number of H-pyrrole nitrogens is 1. The van der Waals surface area contributed by atoms with Gasteiger partial charge in [-0.25, -0.2) is 9.37 Å². The maximum absolute atomic E-state index is 13.1. The normalized spacial score (nSPS) is 15.8. The Hall–Kier alpha value is -3.62. The molecule has 1 aromatic carbocycles. The minimum Gasteiger partial charge on any atom is -0.351 e. The summed E-state index contributed by atoms with van der Waals surface area (Å²) in [5.74, 6) is 0.683. The van der Waals surface area contributed by atoms with E-state index in [4.69, 9.17) is 0 Å². The highest BCUT2D eigenvalue weighted by atomic mass is 19.1. The minimum atomic E-state index is -0.279. The number of halogens is 1. The second kappa shape index (κ2) is 9.46. The van der Waals surface area contributed by atoms with Gasteiger partial charge in [0.25, 0.3) is 5.91 Å². The van der Waals surface area contributed by atoms with E-state index < -0.39 is 0 Å². The van der Waals surface area contributed by atoms with Crippen LogP contribution < -0.4 is 5.32 Å². The number of carbonyl (C=O) groups excluding carboxylic acids is 2. The third-order valence-corrected chi connectivity index (χ3v) is 5.25. The van der Waals surface area contributed by atoms with E-state index in [2.05, 4.69) is 25.5 Å². The summed E-state index contributed by atoms with van der Waals surface area (Å²) >= 11 is 0. The van der Waals surface area contributed by atoms with Crippen LogP contribution in [0.15, 0.2) is 48.8 Å². The van der Waals surface area contributed by atoms with Crippen molar-refractivity contribution in [3.8, 4) is 0 Å². The van der Waals surface area contributed by atoms with E-state index >= 15 is 0 Å². The smallest absolute Gasteiger partial charge is 0.252 e. The van der Waals surface area contributed by atoms with Crippen LogP contribution in [0, 0.1) is 5.82 Å². The van der Waals surface area contributed by atoms with Gasteiger partial charge in [0, 0.05) is 38.3 Å². The lowest BCUT2D eigenvalue weighted by molar-refractivity contribution is -0.132. The van der Waals surface area contributed by atoms with Gasteiger partial charge in [-0.15, -0.1) is 0 Å². The van der Waals surface area contributed by atoms with Crippen molar-refractivity contribution in [3.05, 3.63) is 77.4 Å². The Bertz CT molecular complexity index is 1040. The van der Waals surface area contributed by atoms with Crippen molar-refractivity contribution in [2.24, 2.45) is 0 Å². The number of carbonyl (C=O) groups is 2. The third kappa shape index (κ3) is 5.11. The van der Waals surface area contributed by atoms with E-state index in [0.29, 0.717) is 30.2 Å². The summed E-state index contributed by atoms with van der Waals surface area (Å²) in [4.78, 5) is 35.1. The highest BCUT2D eigenvalue weighted by molar-refractivity contribution is 5.94. The van der Waals surface area contributed by atoms with Gasteiger partial charge in [-0.3, -0.25) is 19.7 Å². The molecule has 1 atom stereocenters. The van der Waals surface area contributed by atoms with Gasteiger partial charge in [-0.05, 0) is 42.7 Å². The first-order chi connectivity index (χ1) is 15.1. The van der Waals surface area contributed by atoms with Gasteiger partial charge in [0.15, 0.2) is 5.82 Å². The van der Waals surface area contributed by atoms with Crippen LogP contribution >= 0.6 is 0 Å². The number of amides is 2. The summed E-state index contributed by atoms with van der Waals surface area (Å²) in [5, 5.41) is 9.99. The lowest BCUT2D eigenvalue weighted by Gasteiger charge is -2.22. The van der Waals surface area contributed by atoms with E-state index in [-0.39, 0.29) is 36.6 Å². The molecule has 0 bridgehead atoms. The summed E-state index contributed by atoms with van der Waals surface area (Å²) in [5.41, 5.74) is 1.39. The van der Waals surface area contributed by atoms with Crippen molar-refractivity contribution in [3.63, 3.8) is 0 Å². The fourth-order valence-corrected chi connectivity index (χ4v) is 3.69. The second-order valence-corrected chi connectivity index (χ2v) is 7.44. The van der Waals surface area contributed by atoms with Crippen LogP contribution in [0.1, 0.15) is 52.9 Å². The number of hydrogen-bond acceptors (Lipinski definition) is 5. The predicted octanol–water partition coefficient (Wildman–Crippen LogP) is 2.41. The van der Waals surface area contributed by atoms with Crippen molar-refractivity contribution in [2.45, 2.75) is 31.7 Å². The fourth-order valence-electron chi connectivity index (χ4n) is 3.69. The molecule has 0 spiro atoms. The van der Waals surface area contributed by atoms with Gasteiger partial charge in [0.05, 0.1) is 11.6 Å². The van der Waals surface area contributed by atoms with Crippen LogP contribution in [0.4, 0.5) is 4.39 Å². The lowest BCUT2D eigenvalue weighted by atomic mass is 10.1. The highest BCUT2D eigenvalue weighted by Crippen LogP contribution is 2.30. The third-order valence-electron chi connectivity index (χ3n) is 5.25. The molecule has 4 rings (SSSR count). The van der Waals surface area contributed by atoms with Crippen LogP contribution in [-0.4, -0.2) is 50.0 Å². The topological polar surface area (TPSA) is 104 Å². The molecule has 31 heavy (non-hydrogen) atoms. The van der Waals surface area contributed by atoms with E-state index in [0.717, 1.165) is 18.4 Å². The summed E-state index contributed by atoms with van der Waals surface area (Å²) in [6, 6.07) is 9.43. The zero-order valence-corrected chi connectivity index (χ0v) is 16.9. The maximum atomic E-state index is 13.1. The van der Waals surface area contributed by atoms with Crippen molar-refractivity contribution < 1.29 is 14.0 Å². The van der Waals surface area contributed by atoms with Crippen molar-refractivity contribution in [2.75, 3.05) is 13.1 Å². The first-order valence-corrected chi connectivity index (χ1v) is 10.2. The van der Waals surface area contributed by atoms with Crippen molar-refractivity contribution in [1.82, 2.24) is 30.4 Å². The number of hydrogen-bond donors (Lipinski definition) is 2. The zero-order valence-electron chi connectivity index (χ0n) is 16.9. The van der Waals surface area contributed by atoms with Gasteiger partial charge in [0.2, 0.25) is 5.91 Å². The molecule has 1 aliphatic rings. The number of nitrogens with zero attached hydrogens (tertiary/aromatic N) is 4. The fraction of sp³-hybridized carbons (Fsp3) is 0.318. The Kier molecular flexibility index (Phi) is 6.30. The number of aromatic nitrogens is 4. The number of benzene rings is 1. The Labute approximate surface area is 178 Å². The SMILES string of the molecule is O=C(NCCC(=O)N1CCCC1c1n[nH]c(Cc2ccc(F)cc2)n1)c1cccnc1. The number of likely N-dealkylation sites (tertiary alicyclic amines) is 1. The van der Waals surface area contributed by atoms with Gasteiger partial charge >= 0.3 is 0 Å². The molecule has 2 aromatic heterocycles. The summed E-state index contributed by atoms with van der Waals surface area (Å²) in [6.45, 7) is 0.890. The lowest BCUT2D eigenvalue weighted by Crippen LogP contribution is -2.34. The summed E-state index contributed by atoms with van der Waals surface area (Å²) < 4.78 is 13.1. The van der Waals surface area contributed by atoms with Crippen LogP contribution in [0.3, 0.4) is 0 Å². The standard InChI is InChI=1S/C22H23FN6O2/c23-17-7-5-15(6-8-17)13-19-26-21(28-27-19)18-4-2-12-29(18)20(30)9-11-25-22(31)16-3-1-10-24-14-16/h1,3,5-8,10,14,18H,2,4,9,11-13H2,(H,25,31)(H,26,27,28). The van der Waals surface area contributed by atoms with Gasteiger partial charge in [-0.1, -0.05) is 12.1 Å². The average molecular weight is 422 g/mol. The van der Waals surface area contributed by atoms with E-state index in [9.17, 15) is 14.0 Å². The molecule has 0 radical (unpaired) electrons. The molecule has 8 nitrogen and oxygen atoms in total. The molecule has 1 fully saturated rings. The molecule has 160 valence electrons. The quantitative estimate of drug-likeness (QED) is 0.609. The van der Waals surface area contributed by atoms with Crippen LogP contribution in [0.5, 0.6) is 0 Å². The second-order valence-electron chi connectivity index (χ2n) is 7.44. The first kappa shape index (κ1) is 20.6. The molecule has 9 heteroatoms. The predicted molar refractivity (Wildman–Crippen MR) is 110 cm³/mol. The molecule has 1 saturated heterocycles. The summed E-state index contributed by atoms with van der Waals surface area (Å²) in [6.07, 6.45) is 5.47. The van der Waals surface area contributed by atoms with E-state index in [1.807, 2.05) is 0 Å². The number of rotatable bonds is 7. The molecule has 2 N–H and O–H groups in total. The van der Waals surface area contributed by atoms with Crippen LogP contribution in [0.2, 0.25) is 0 Å². The monoisotopic (exact) mass is 422 g/mol. The Morgan fingerprint density at radius 3 is 2.84 bits per heavy atom. The molecule has 3 aromatic rings. The molecule has 0 aliphatic carbocycles. The van der Waals surface area contributed by atoms with Crippen LogP contribution in [0.25, 0.3) is 0 Å². The van der Waals surface area contributed by atoms with E-state index in [1.165, 1.54) is 18.3 Å². The highest BCUT2D eigenvalue weighted by Gasteiger charge is 2.32. The zero-order chi connectivity index (χ0) is 21.6. The first-order valence-electron chi connectivity index (χ1n) is 10.2. The largest absolute Gasteiger partial charge is 0.351 e. The average Bonchev–Trinajstić information content (AvgIpc) is 3.45. The van der Waals surface area contributed by atoms with Gasteiger partial charge in [0.1, 0.15) is 11.6 Å². The minimum absolute atomic E-state index is 0.0427. The molecule has 1 unspecified atom stereocenters. The van der Waals surface area contributed by atoms with Crippen molar-refractivity contribution in [1.29, 1.82) is 0 Å². The van der Waals surface area contributed by atoms with Crippen molar-refractivity contribution >= 4 is 11.8 Å². The Morgan fingerprint density at radius 2 is 2.06 bits per heavy atom. The van der Waals surface area contributed by atoms with Gasteiger partial charge < -0.3 is 10.2 Å². The summed E-state index contributed by atoms with van der Waals surface area (Å²) in [7, 11) is 0. The Morgan fingerprint density at radius 1 is 1.23 bits per heavy atom. The number of nitrogens with one attached hydrogen (secondary N) is 2. The maximum Gasteiger partial charge on any atom is 0.252 e. The Balaban J connectivity index is 1.32. The molecular formula is C22H23FN6O2. The molecule has 0 saturated carbocycles. The molecule has 3 heterocycles. The number of aromatic amines is 1. The van der Waals surface area contributed by atoms with E-state index in [1.54, 1.807) is 35.4 Å².